The zero-order chi connectivity index (χ0) is 29.1. The molecule has 1 aliphatic heterocycles. The number of ether oxygens (including phenoxy) is 3. The highest BCUT2D eigenvalue weighted by Crippen LogP contribution is 2.39. The van der Waals surface area contributed by atoms with Crippen LogP contribution in [0.25, 0.3) is 0 Å². The van der Waals surface area contributed by atoms with Gasteiger partial charge >= 0.3 is 5.97 Å². The number of hydrogen-bond acceptors (Lipinski definition) is 5. The van der Waals surface area contributed by atoms with Gasteiger partial charge in [-0.3, -0.25) is 0 Å². The van der Waals surface area contributed by atoms with Crippen molar-refractivity contribution in [3.05, 3.63) is 72.0 Å². The highest BCUT2D eigenvalue weighted by Gasteiger charge is 2.50. The first kappa shape index (κ1) is 31.1. The van der Waals surface area contributed by atoms with E-state index in [1.165, 1.54) is 10.4 Å². The maximum Gasteiger partial charge on any atom is 0.340 e. The van der Waals surface area contributed by atoms with Gasteiger partial charge in [0.15, 0.2) is 0 Å². The quantitative estimate of drug-likeness (QED) is 0.232. The summed E-state index contributed by atoms with van der Waals surface area (Å²) in [7, 11) is -0.842. The van der Waals surface area contributed by atoms with E-state index in [-0.39, 0.29) is 22.8 Å². The molecule has 0 saturated heterocycles. The second kappa shape index (κ2) is 12.0. The van der Waals surface area contributed by atoms with Gasteiger partial charge in [0.2, 0.25) is 5.79 Å². The number of rotatable bonds is 11. The molecule has 0 fully saturated rings. The molecule has 0 spiro atoms. The zero-order valence-electron chi connectivity index (χ0n) is 25.6. The molecule has 0 N–H and O–H groups in total. The van der Waals surface area contributed by atoms with E-state index in [0.29, 0.717) is 24.4 Å². The predicted octanol–water partition coefficient (Wildman–Crippen LogP) is 6.60. The number of esters is 1. The number of allylic oxidation sites excluding steroid dienone is 1. The topological polar surface area (TPSA) is 54.0 Å². The second-order valence-electron chi connectivity index (χ2n) is 12.9. The van der Waals surface area contributed by atoms with E-state index in [1.54, 1.807) is 27.9 Å². The van der Waals surface area contributed by atoms with Gasteiger partial charge in [-0.1, -0.05) is 95.3 Å². The monoisotopic (exact) mass is 552 g/mol. The summed E-state index contributed by atoms with van der Waals surface area (Å²) < 4.78 is 24.8. The van der Waals surface area contributed by atoms with Crippen LogP contribution in [-0.4, -0.2) is 39.4 Å². The van der Waals surface area contributed by atoms with Gasteiger partial charge in [0.1, 0.15) is 5.76 Å². The Bertz CT molecular complexity index is 1100. The number of carbonyl (C=O) groups excluding carboxylic acids is 1. The molecule has 0 amide bonds. The van der Waals surface area contributed by atoms with Crippen LogP contribution < -0.4 is 10.4 Å². The molecule has 1 heterocycles. The Labute approximate surface area is 237 Å². The molecule has 0 aromatic heterocycles. The molecule has 3 rings (SSSR count). The van der Waals surface area contributed by atoms with Crippen molar-refractivity contribution in [1.82, 2.24) is 0 Å². The van der Waals surface area contributed by atoms with Gasteiger partial charge in [0, 0.05) is 33.5 Å². The van der Waals surface area contributed by atoms with Crippen molar-refractivity contribution >= 4 is 24.7 Å². The average Bonchev–Trinajstić information content (AvgIpc) is 2.86. The zero-order valence-corrected chi connectivity index (χ0v) is 26.6. The second-order valence-corrected chi connectivity index (χ2v) is 17.2. The minimum Gasteiger partial charge on any atom is -0.456 e. The normalized spacial score (nSPS) is 19.1. The Kier molecular flexibility index (Phi) is 9.57. The molecule has 3 atom stereocenters. The summed E-state index contributed by atoms with van der Waals surface area (Å²) >= 11 is 0. The van der Waals surface area contributed by atoms with Gasteiger partial charge in [-0.2, -0.15) is 0 Å². The van der Waals surface area contributed by atoms with Crippen LogP contribution in [0, 0.1) is 11.8 Å². The Morgan fingerprint density at radius 1 is 0.872 bits per heavy atom. The smallest absolute Gasteiger partial charge is 0.340 e. The molecule has 0 unspecified atom stereocenters. The minimum absolute atomic E-state index is 0.00753. The van der Waals surface area contributed by atoms with Crippen LogP contribution in [0.5, 0.6) is 0 Å². The predicted molar refractivity (Wildman–Crippen MR) is 161 cm³/mol. The number of hydrogen-bond donors (Lipinski definition) is 0. The molecule has 6 heteroatoms. The van der Waals surface area contributed by atoms with E-state index in [0.717, 1.165) is 6.42 Å². The first-order valence-electron chi connectivity index (χ1n) is 14.1. The van der Waals surface area contributed by atoms with E-state index < -0.39 is 19.7 Å². The average molecular weight is 553 g/mol. The summed E-state index contributed by atoms with van der Waals surface area (Å²) in [5.74, 6) is -0.366. The van der Waals surface area contributed by atoms with Gasteiger partial charge in [0.05, 0.1) is 11.2 Å². The summed E-state index contributed by atoms with van der Waals surface area (Å²) in [5.41, 5.74) is 0.110. The van der Waals surface area contributed by atoms with Crippen molar-refractivity contribution < 1.29 is 23.4 Å². The van der Waals surface area contributed by atoms with Crippen molar-refractivity contribution in [1.29, 1.82) is 0 Å². The fourth-order valence-electron chi connectivity index (χ4n) is 6.05. The molecule has 2 aromatic carbocycles. The number of benzene rings is 2. The van der Waals surface area contributed by atoms with Gasteiger partial charge in [0.25, 0.3) is 8.32 Å². The van der Waals surface area contributed by atoms with Crippen molar-refractivity contribution in [2.24, 2.45) is 11.8 Å². The highest BCUT2D eigenvalue weighted by molar-refractivity contribution is 6.99. The van der Waals surface area contributed by atoms with Crippen LogP contribution in [0.1, 0.15) is 75.2 Å². The molecule has 39 heavy (non-hydrogen) atoms. The van der Waals surface area contributed by atoms with Crippen molar-refractivity contribution in [3.63, 3.8) is 0 Å². The van der Waals surface area contributed by atoms with E-state index in [9.17, 15) is 4.79 Å². The maximum atomic E-state index is 12.4. The van der Waals surface area contributed by atoms with E-state index in [1.807, 2.05) is 0 Å². The molecule has 1 aliphatic rings. The molecule has 0 aliphatic carbocycles. The molecule has 0 saturated carbocycles. The Morgan fingerprint density at radius 3 is 1.85 bits per heavy atom. The SMILES string of the molecule is CO[C@](C)(C[C@@H](C)CO[Si](c1ccccc1)(c1ccccc1)C(C)(C)C)C[C@H](C)C1=C(C)C(=O)OC(C)(C)O1. The van der Waals surface area contributed by atoms with Crippen molar-refractivity contribution in [2.45, 2.75) is 91.6 Å². The van der Waals surface area contributed by atoms with Crippen LogP contribution in [0.4, 0.5) is 0 Å². The summed E-state index contributed by atoms with van der Waals surface area (Å²) in [6, 6.07) is 21.5. The van der Waals surface area contributed by atoms with Gasteiger partial charge < -0.3 is 18.6 Å². The number of cyclic esters (lactones) is 1. The molecule has 0 bridgehead atoms. The molecule has 5 nitrogen and oxygen atoms in total. The lowest BCUT2D eigenvalue weighted by Gasteiger charge is -2.44. The van der Waals surface area contributed by atoms with Crippen LogP contribution in [0.15, 0.2) is 72.0 Å². The van der Waals surface area contributed by atoms with Crippen LogP contribution in [-0.2, 0) is 23.4 Å². The first-order valence-corrected chi connectivity index (χ1v) is 16.0. The molecular formula is C33H48O5Si. The van der Waals surface area contributed by atoms with Crippen LogP contribution in [0.2, 0.25) is 5.04 Å². The molecule has 2 aromatic rings. The molecule has 214 valence electrons. The fourth-order valence-corrected chi connectivity index (χ4v) is 10.7. The number of carbonyl (C=O) groups is 1. The third-order valence-electron chi connectivity index (χ3n) is 7.83. The molecule has 0 radical (unpaired) electrons. The van der Waals surface area contributed by atoms with E-state index >= 15 is 0 Å². The number of methoxy groups -OCH3 is 1. The minimum atomic E-state index is -2.61. The summed E-state index contributed by atoms with van der Waals surface area (Å²) in [6.07, 6.45) is 1.52. The van der Waals surface area contributed by atoms with Crippen molar-refractivity contribution in [2.75, 3.05) is 13.7 Å². The lowest BCUT2D eigenvalue weighted by Crippen LogP contribution is -2.66. The fraction of sp³-hybridized carbons (Fsp3) is 0.545. The Balaban J connectivity index is 1.83. The standard InChI is InChI=1S/C33H48O5Si/c1-24(21-33(9,35-10)22-25(2)29-26(3)30(34)38-32(7,8)37-29)23-36-39(31(4,5)6,27-17-13-11-14-18-27)28-19-15-12-16-20-28/h11-20,24-25H,21-23H2,1-10H3/t24-,25+,33-/m1/s1. The van der Waals surface area contributed by atoms with E-state index in [2.05, 4.69) is 102 Å². The lowest BCUT2D eigenvalue weighted by molar-refractivity contribution is -0.211. The maximum absolute atomic E-state index is 12.4. The third-order valence-corrected chi connectivity index (χ3v) is 12.8. The molecular weight excluding hydrogens is 504 g/mol. The van der Waals surface area contributed by atoms with Crippen LogP contribution in [0.3, 0.4) is 0 Å². The highest BCUT2D eigenvalue weighted by atomic mass is 28.4. The van der Waals surface area contributed by atoms with Gasteiger partial charge in [-0.15, -0.1) is 0 Å². The van der Waals surface area contributed by atoms with E-state index in [4.69, 9.17) is 18.6 Å². The summed E-state index contributed by atoms with van der Waals surface area (Å²) in [5, 5.41) is 2.49. The Hall–Kier alpha value is -2.41. The first-order chi connectivity index (χ1) is 18.1. The van der Waals surface area contributed by atoms with Crippen LogP contribution >= 0.6 is 0 Å². The third kappa shape index (κ3) is 7.03. The lowest BCUT2D eigenvalue weighted by atomic mass is 9.84. The summed E-state index contributed by atoms with van der Waals surface area (Å²) in [6.45, 7) is 19.3. The van der Waals surface area contributed by atoms with Crippen molar-refractivity contribution in [3.8, 4) is 0 Å². The van der Waals surface area contributed by atoms with Gasteiger partial charge in [-0.25, -0.2) is 4.79 Å². The summed E-state index contributed by atoms with van der Waals surface area (Å²) in [4.78, 5) is 12.4. The largest absolute Gasteiger partial charge is 0.456 e. The van der Waals surface area contributed by atoms with Gasteiger partial charge in [-0.05, 0) is 48.0 Å². The Morgan fingerprint density at radius 2 is 1.38 bits per heavy atom.